The standard InChI is InChI=1S/C23H35N3O6/c1-7-21(27)24-17-8-9-19-18(10-17)23(29)25(4)12-20(31-6)15(2)11-26(16(3)13-32-19)22(28)14-30-5/h8-10,15-16,20H,7,11-14H2,1-6H3,(H,24,27)/t15-,16+,20+/m0/s1. The van der Waals surface area contributed by atoms with E-state index in [9.17, 15) is 14.4 Å². The summed E-state index contributed by atoms with van der Waals surface area (Å²) in [6.45, 7) is 6.61. The zero-order valence-corrected chi connectivity index (χ0v) is 19.8. The van der Waals surface area contributed by atoms with E-state index in [-0.39, 0.29) is 49.0 Å². The molecule has 9 heteroatoms. The maximum atomic E-state index is 13.3. The topological polar surface area (TPSA) is 97.4 Å². The van der Waals surface area contributed by atoms with Gasteiger partial charge in [-0.3, -0.25) is 14.4 Å². The molecule has 1 N–H and O–H groups in total. The molecule has 2 rings (SSSR count). The van der Waals surface area contributed by atoms with Crippen LogP contribution in [0, 0.1) is 5.92 Å². The number of anilines is 1. The van der Waals surface area contributed by atoms with Crippen molar-refractivity contribution in [2.24, 2.45) is 5.92 Å². The number of carbonyl (C=O) groups excluding carboxylic acids is 3. The molecular weight excluding hydrogens is 414 g/mol. The number of carbonyl (C=O) groups is 3. The first kappa shape index (κ1) is 25.6. The van der Waals surface area contributed by atoms with Crippen LogP contribution in [0.4, 0.5) is 5.69 Å². The minimum absolute atomic E-state index is 0.0236. The van der Waals surface area contributed by atoms with E-state index >= 15 is 0 Å². The predicted octanol–water partition coefficient (Wildman–Crippen LogP) is 2.01. The summed E-state index contributed by atoms with van der Waals surface area (Å²) in [6, 6.07) is 4.74. The molecule has 0 bridgehead atoms. The average Bonchev–Trinajstić information content (AvgIpc) is 2.78. The molecule has 0 fully saturated rings. The maximum absolute atomic E-state index is 13.3. The molecule has 1 aromatic rings. The van der Waals surface area contributed by atoms with Gasteiger partial charge in [0.05, 0.1) is 17.7 Å². The number of rotatable bonds is 5. The number of hydrogen-bond donors (Lipinski definition) is 1. The molecule has 3 atom stereocenters. The lowest BCUT2D eigenvalue weighted by Crippen LogP contribution is -2.49. The summed E-state index contributed by atoms with van der Waals surface area (Å²) in [5, 5.41) is 2.78. The average molecular weight is 450 g/mol. The van der Waals surface area contributed by atoms with E-state index in [2.05, 4.69) is 5.32 Å². The summed E-state index contributed by atoms with van der Waals surface area (Å²) >= 11 is 0. The zero-order valence-electron chi connectivity index (χ0n) is 19.8. The largest absolute Gasteiger partial charge is 0.491 e. The molecule has 0 saturated heterocycles. The van der Waals surface area contributed by atoms with Crippen LogP contribution >= 0.6 is 0 Å². The quantitative estimate of drug-likeness (QED) is 0.739. The van der Waals surface area contributed by atoms with E-state index in [1.165, 1.54) is 7.11 Å². The van der Waals surface area contributed by atoms with Gasteiger partial charge in [-0.2, -0.15) is 0 Å². The number of hydrogen-bond acceptors (Lipinski definition) is 6. The van der Waals surface area contributed by atoms with Crippen LogP contribution in [0.2, 0.25) is 0 Å². The third kappa shape index (κ3) is 6.43. The Balaban J connectivity index is 2.44. The summed E-state index contributed by atoms with van der Waals surface area (Å²) in [6.07, 6.45) is 0.0540. The van der Waals surface area contributed by atoms with Crippen LogP contribution in [0.5, 0.6) is 5.75 Å². The highest BCUT2D eigenvalue weighted by atomic mass is 16.5. The van der Waals surface area contributed by atoms with Gasteiger partial charge in [-0.1, -0.05) is 13.8 Å². The van der Waals surface area contributed by atoms with E-state index in [1.807, 2.05) is 13.8 Å². The molecule has 0 spiro atoms. The normalized spacial score (nSPS) is 22.3. The lowest BCUT2D eigenvalue weighted by atomic mass is 10.0. The summed E-state index contributed by atoms with van der Waals surface area (Å²) in [4.78, 5) is 41.1. The number of likely N-dealkylation sites (N-methyl/N-ethyl adjacent to an activating group) is 1. The lowest BCUT2D eigenvalue weighted by Gasteiger charge is -2.36. The molecule has 32 heavy (non-hydrogen) atoms. The van der Waals surface area contributed by atoms with Crippen molar-refractivity contribution in [2.45, 2.75) is 39.3 Å². The first-order valence-corrected chi connectivity index (χ1v) is 10.8. The summed E-state index contributed by atoms with van der Waals surface area (Å²) in [5.41, 5.74) is 0.862. The second-order valence-electron chi connectivity index (χ2n) is 8.19. The fourth-order valence-corrected chi connectivity index (χ4v) is 3.66. The second kappa shape index (κ2) is 11.8. The Morgan fingerprint density at radius 1 is 1.22 bits per heavy atom. The van der Waals surface area contributed by atoms with E-state index in [0.717, 1.165) is 0 Å². The van der Waals surface area contributed by atoms with Crippen molar-refractivity contribution in [2.75, 3.05) is 52.9 Å². The van der Waals surface area contributed by atoms with E-state index in [4.69, 9.17) is 14.2 Å². The highest BCUT2D eigenvalue weighted by Crippen LogP contribution is 2.26. The molecule has 1 heterocycles. The number of methoxy groups -OCH3 is 2. The third-order valence-electron chi connectivity index (χ3n) is 5.64. The Kier molecular flexibility index (Phi) is 9.46. The lowest BCUT2D eigenvalue weighted by molar-refractivity contribution is -0.139. The van der Waals surface area contributed by atoms with Crippen LogP contribution in [0.25, 0.3) is 0 Å². The Bertz CT molecular complexity index is 815. The molecule has 0 aromatic heterocycles. The minimum Gasteiger partial charge on any atom is -0.491 e. The molecular formula is C23H35N3O6. The summed E-state index contributed by atoms with van der Waals surface area (Å²) in [5.74, 6) is -0.154. The van der Waals surface area contributed by atoms with E-state index in [1.54, 1.807) is 49.1 Å². The van der Waals surface area contributed by atoms with Crippen molar-refractivity contribution < 1.29 is 28.6 Å². The monoisotopic (exact) mass is 449 g/mol. The van der Waals surface area contributed by atoms with E-state index in [0.29, 0.717) is 36.5 Å². The van der Waals surface area contributed by atoms with Crippen LogP contribution in [-0.2, 0) is 19.1 Å². The van der Waals surface area contributed by atoms with Crippen molar-refractivity contribution in [1.29, 1.82) is 0 Å². The van der Waals surface area contributed by atoms with Gasteiger partial charge in [-0.25, -0.2) is 0 Å². The Labute approximate surface area is 190 Å². The second-order valence-corrected chi connectivity index (χ2v) is 8.19. The molecule has 0 unspecified atom stereocenters. The number of ether oxygens (including phenoxy) is 3. The molecule has 1 aromatic carbocycles. The van der Waals surface area contributed by atoms with Crippen molar-refractivity contribution in [3.8, 4) is 5.75 Å². The molecule has 0 aliphatic carbocycles. The molecule has 9 nitrogen and oxygen atoms in total. The maximum Gasteiger partial charge on any atom is 0.257 e. The van der Waals surface area contributed by atoms with E-state index < -0.39 is 0 Å². The minimum atomic E-state index is -0.277. The van der Waals surface area contributed by atoms with Gasteiger partial charge < -0.3 is 29.3 Å². The highest BCUT2D eigenvalue weighted by Gasteiger charge is 2.30. The Morgan fingerprint density at radius 2 is 1.94 bits per heavy atom. The van der Waals surface area contributed by atoms with Gasteiger partial charge in [0.2, 0.25) is 11.8 Å². The Morgan fingerprint density at radius 3 is 2.56 bits per heavy atom. The van der Waals surface area contributed by atoms with Gasteiger partial charge in [-0.15, -0.1) is 0 Å². The fourth-order valence-electron chi connectivity index (χ4n) is 3.66. The van der Waals surface area contributed by atoms with Gasteiger partial charge >= 0.3 is 0 Å². The number of benzene rings is 1. The SMILES string of the molecule is CCC(=O)Nc1ccc2c(c1)C(=O)N(C)C[C@@H](OC)[C@@H](C)CN(C(=O)COC)[C@H](C)CO2. The molecule has 1 aliphatic rings. The first-order valence-electron chi connectivity index (χ1n) is 10.8. The van der Waals surface area contributed by atoms with Crippen molar-refractivity contribution in [3.63, 3.8) is 0 Å². The molecule has 0 radical (unpaired) electrons. The molecule has 1 aliphatic heterocycles. The van der Waals surface area contributed by atoms with Crippen LogP contribution in [-0.4, -0.2) is 87.2 Å². The van der Waals surface area contributed by atoms with Crippen LogP contribution in [0.15, 0.2) is 18.2 Å². The summed E-state index contributed by atoms with van der Waals surface area (Å²) < 4.78 is 16.7. The van der Waals surface area contributed by atoms with Crippen molar-refractivity contribution in [3.05, 3.63) is 23.8 Å². The molecule has 0 saturated carbocycles. The van der Waals surface area contributed by atoms with Gasteiger partial charge in [0.25, 0.3) is 5.91 Å². The number of amides is 3. The van der Waals surface area contributed by atoms with Crippen LogP contribution in [0.3, 0.4) is 0 Å². The zero-order chi connectivity index (χ0) is 23.8. The predicted molar refractivity (Wildman–Crippen MR) is 121 cm³/mol. The van der Waals surface area contributed by atoms with Crippen molar-refractivity contribution in [1.82, 2.24) is 9.80 Å². The van der Waals surface area contributed by atoms with Gasteiger partial charge in [-0.05, 0) is 25.1 Å². The first-order chi connectivity index (χ1) is 15.2. The van der Waals surface area contributed by atoms with Gasteiger partial charge in [0.1, 0.15) is 19.0 Å². The van der Waals surface area contributed by atoms with Gasteiger partial charge in [0.15, 0.2) is 0 Å². The van der Waals surface area contributed by atoms with Crippen molar-refractivity contribution >= 4 is 23.4 Å². The highest BCUT2D eigenvalue weighted by molar-refractivity contribution is 5.99. The molecule has 178 valence electrons. The summed E-state index contributed by atoms with van der Waals surface area (Å²) in [7, 11) is 4.79. The number of nitrogens with zero attached hydrogens (tertiary/aromatic N) is 2. The number of nitrogens with one attached hydrogen (secondary N) is 1. The Hall–Kier alpha value is -2.65. The number of fused-ring (bicyclic) bond motifs is 1. The van der Waals surface area contributed by atoms with Crippen LogP contribution < -0.4 is 10.1 Å². The third-order valence-corrected chi connectivity index (χ3v) is 5.64. The van der Waals surface area contributed by atoms with Crippen LogP contribution in [0.1, 0.15) is 37.6 Å². The van der Waals surface area contributed by atoms with Gasteiger partial charge in [0, 0.05) is 52.4 Å². The molecule has 3 amide bonds. The fraction of sp³-hybridized carbons (Fsp3) is 0.609. The smallest absolute Gasteiger partial charge is 0.257 e.